The molecule has 0 aliphatic carbocycles. The number of amides is 1. The molecule has 0 saturated carbocycles. The van der Waals surface area contributed by atoms with Crippen molar-refractivity contribution in [2.24, 2.45) is 0 Å². The molecule has 0 fully saturated rings. The van der Waals surface area contributed by atoms with E-state index in [-0.39, 0.29) is 5.91 Å². The van der Waals surface area contributed by atoms with Gasteiger partial charge in [-0.3, -0.25) is 9.89 Å². The summed E-state index contributed by atoms with van der Waals surface area (Å²) in [6, 6.07) is 7.43. The molecule has 1 aromatic heterocycles. The molecule has 1 amide bonds. The Morgan fingerprint density at radius 1 is 1.29 bits per heavy atom. The molecule has 6 nitrogen and oxygen atoms in total. The third-order valence-corrected chi connectivity index (χ3v) is 3.60. The number of carbonyl (C=O) groups is 1. The molecule has 2 aromatic rings. The Morgan fingerprint density at radius 3 is 2.71 bits per heavy atom. The highest BCUT2D eigenvalue weighted by atomic mass is 16.5. The van der Waals surface area contributed by atoms with Crippen LogP contribution in [0.1, 0.15) is 54.9 Å². The van der Waals surface area contributed by atoms with Gasteiger partial charge in [0.05, 0.1) is 13.7 Å². The van der Waals surface area contributed by atoms with Crippen LogP contribution in [0.15, 0.2) is 24.3 Å². The summed E-state index contributed by atoms with van der Waals surface area (Å²) in [7, 11) is 1.60. The van der Waals surface area contributed by atoms with Gasteiger partial charge in [-0.2, -0.15) is 5.10 Å². The summed E-state index contributed by atoms with van der Waals surface area (Å²) in [6.45, 7) is 7.18. The zero-order valence-corrected chi connectivity index (χ0v) is 14.7. The van der Waals surface area contributed by atoms with E-state index in [2.05, 4.69) is 22.4 Å². The summed E-state index contributed by atoms with van der Waals surface area (Å²) in [4.78, 5) is 12.2. The molecular formula is C18H25N3O3. The lowest BCUT2D eigenvalue weighted by atomic mass is 10.1. The van der Waals surface area contributed by atoms with Gasteiger partial charge in [-0.1, -0.05) is 26.8 Å². The number of nitrogens with one attached hydrogen (secondary N) is 2. The fraction of sp³-hybridized carbons (Fsp3) is 0.444. The first-order valence-electron chi connectivity index (χ1n) is 8.18. The van der Waals surface area contributed by atoms with Crippen LogP contribution in [0.2, 0.25) is 0 Å². The SMILES string of the molecule is CCCOc1ccc(CNC(=O)c2cc(C(C)C)[nH]n2)cc1OC. The minimum Gasteiger partial charge on any atom is -0.493 e. The summed E-state index contributed by atoms with van der Waals surface area (Å²) < 4.78 is 11.0. The van der Waals surface area contributed by atoms with Gasteiger partial charge in [-0.05, 0) is 36.1 Å². The number of hydrogen-bond acceptors (Lipinski definition) is 4. The summed E-state index contributed by atoms with van der Waals surface area (Å²) in [5.74, 6) is 1.47. The largest absolute Gasteiger partial charge is 0.493 e. The van der Waals surface area contributed by atoms with E-state index in [0.717, 1.165) is 17.7 Å². The van der Waals surface area contributed by atoms with Crippen molar-refractivity contribution in [3.63, 3.8) is 0 Å². The Morgan fingerprint density at radius 2 is 2.08 bits per heavy atom. The van der Waals surface area contributed by atoms with E-state index in [4.69, 9.17) is 9.47 Å². The standard InChI is InChI=1S/C18H25N3O3/c1-5-8-24-16-7-6-13(9-17(16)23-4)11-19-18(22)15-10-14(12(2)3)20-21-15/h6-7,9-10,12H,5,8,11H2,1-4H3,(H,19,22)(H,20,21). The fourth-order valence-electron chi connectivity index (χ4n) is 2.17. The Kier molecular flexibility index (Phi) is 6.23. The Bertz CT molecular complexity index is 680. The van der Waals surface area contributed by atoms with Crippen LogP contribution < -0.4 is 14.8 Å². The molecule has 1 heterocycles. The molecule has 24 heavy (non-hydrogen) atoms. The van der Waals surface area contributed by atoms with E-state index >= 15 is 0 Å². The van der Waals surface area contributed by atoms with Crippen molar-refractivity contribution in [1.29, 1.82) is 0 Å². The second-order valence-electron chi connectivity index (χ2n) is 5.88. The maximum atomic E-state index is 12.2. The first kappa shape index (κ1) is 17.8. The number of hydrogen-bond donors (Lipinski definition) is 2. The lowest BCUT2D eigenvalue weighted by molar-refractivity contribution is 0.0946. The van der Waals surface area contributed by atoms with Crippen LogP contribution in [0.3, 0.4) is 0 Å². The minimum atomic E-state index is -0.205. The third-order valence-electron chi connectivity index (χ3n) is 3.60. The van der Waals surface area contributed by atoms with E-state index in [1.165, 1.54) is 0 Å². The first-order chi connectivity index (χ1) is 11.5. The normalized spacial score (nSPS) is 10.7. The highest BCUT2D eigenvalue weighted by Crippen LogP contribution is 2.28. The van der Waals surface area contributed by atoms with E-state index in [1.807, 2.05) is 32.0 Å². The maximum Gasteiger partial charge on any atom is 0.272 e. The Balaban J connectivity index is 1.98. The first-order valence-corrected chi connectivity index (χ1v) is 8.18. The molecule has 0 saturated heterocycles. The number of ether oxygens (including phenoxy) is 2. The molecule has 2 rings (SSSR count). The van der Waals surface area contributed by atoms with E-state index < -0.39 is 0 Å². The van der Waals surface area contributed by atoms with Gasteiger partial charge >= 0.3 is 0 Å². The average molecular weight is 331 g/mol. The number of aromatic amines is 1. The van der Waals surface area contributed by atoms with Gasteiger partial charge < -0.3 is 14.8 Å². The minimum absolute atomic E-state index is 0.205. The van der Waals surface area contributed by atoms with Crippen LogP contribution >= 0.6 is 0 Å². The number of aromatic nitrogens is 2. The molecule has 0 aliphatic heterocycles. The molecule has 0 radical (unpaired) electrons. The van der Waals surface area contributed by atoms with Gasteiger partial charge in [0.2, 0.25) is 0 Å². The van der Waals surface area contributed by atoms with E-state index in [1.54, 1.807) is 13.2 Å². The van der Waals surface area contributed by atoms with Crippen molar-refractivity contribution in [2.45, 2.75) is 39.7 Å². The third kappa shape index (κ3) is 4.50. The molecule has 1 aromatic carbocycles. The van der Waals surface area contributed by atoms with E-state index in [9.17, 15) is 4.79 Å². The number of nitrogens with zero attached hydrogens (tertiary/aromatic N) is 1. The van der Waals surface area contributed by atoms with Crippen molar-refractivity contribution >= 4 is 5.91 Å². The van der Waals surface area contributed by atoms with Gasteiger partial charge in [0, 0.05) is 12.2 Å². The summed E-state index contributed by atoms with van der Waals surface area (Å²) in [5, 5.41) is 9.80. The Hall–Kier alpha value is -2.50. The highest BCUT2D eigenvalue weighted by Gasteiger charge is 2.12. The van der Waals surface area contributed by atoms with Crippen molar-refractivity contribution < 1.29 is 14.3 Å². The second-order valence-corrected chi connectivity index (χ2v) is 5.88. The molecule has 6 heteroatoms. The van der Waals surface area contributed by atoms with Crippen LogP contribution in [-0.4, -0.2) is 29.8 Å². The summed E-state index contributed by atoms with van der Waals surface area (Å²) in [6.07, 6.45) is 0.934. The average Bonchev–Trinajstić information content (AvgIpc) is 3.08. The van der Waals surface area contributed by atoms with Crippen molar-refractivity contribution in [3.8, 4) is 11.5 Å². The van der Waals surface area contributed by atoms with Crippen LogP contribution in [0.25, 0.3) is 0 Å². The lowest BCUT2D eigenvalue weighted by Gasteiger charge is -2.12. The van der Waals surface area contributed by atoms with Crippen LogP contribution in [0.5, 0.6) is 11.5 Å². The van der Waals surface area contributed by atoms with Crippen LogP contribution in [0.4, 0.5) is 0 Å². The summed E-state index contributed by atoms with van der Waals surface area (Å²) in [5.41, 5.74) is 2.27. The Labute approximate surface area is 142 Å². The number of carbonyl (C=O) groups excluding carboxylic acids is 1. The van der Waals surface area contributed by atoms with Gasteiger partial charge in [0.1, 0.15) is 5.69 Å². The zero-order chi connectivity index (χ0) is 17.5. The molecule has 0 spiro atoms. The molecule has 0 bridgehead atoms. The predicted molar refractivity (Wildman–Crippen MR) is 92.6 cm³/mol. The fourth-order valence-corrected chi connectivity index (χ4v) is 2.17. The topological polar surface area (TPSA) is 76.2 Å². The predicted octanol–water partition coefficient (Wildman–Crippen LogP) is 3.26. The monoisotopic (exact) mass is 331 g/mol. The van der Waals surface area contributed by atoms with Gasteiger partial charge in [-0.25, -0.2) is 0 Å². The molecule has 2 N–H and O–H groups in total. The highest BCUT2D eigenvalue weighted by molar-refractivity contribution is 5.92. The van der Waals surface area contributed by atoms with Crippen LogP contribution in [0, 0.1) is 0 Å². The van der Waals surface area contributed by atoms with E-state index in [0.29, 0.717) is 36.3 Å². The summed E-state index contributed by atoms with van der Waals surface area (Å²) >= 11 is 0. The van der Waals surface area contributed by atoms with Gasteiger partial charge in [-0.15, -0.1) is 0 Å². The number of H-pyrrole nitrogens is 1. The van der Waals surface area contributed by atoms with Crippen molar-refractivity contribution in [3.05, 3.63) is 41.2 Å². The number of rotatable bonds is 8. The second kappa shape index (κ2) is 8.38. The molecule has 0 unspecified atom stereocenters. The molecule has 0 atom stereocenters. The van der Waals surface area contributed by atoms with Crippen LogP contribution in [-0.2, 0) is 6.54 Å². The zero-order valence-electron chi connectivity index (χ0n) is 14.7. The van der Waals surface area contributed by atoms with Crippen molar-refractivity contribution in [1.82, 2.24) is 15.5 Å². The molecule has 0 aliphatic rings. The quantitative estimate of drug-likeness (QED) is 0.778. The number of methoxy groups -OCH3 is 1. The molecular weight excluding hydrogens is 306 g/mol. The maximum absolute atomic E-state index is 12.2. The molecule has 130 valence electrons. The number of benzene rings is 1. The van der Waals surface area contributed by atoms with Crippen molar-refractivity contribution in [2.75, 3.05) is 13.7 Å². The van der Waals surface area contributed by atoms with Gasteiger partial charge in [0.25, 0.3) is 5.91 Å². The smallest absolute Gasteiger partial charge is 0.272 e. The lowest BCUT2D eigenvalue weighted by Crippen LogP contribution is -2.23. The van der Waals surface area contributed by atoms with Gasteiger partial charge in [0.15, 0.2) is 11.5 Å².